The summed E-state index contributed by atoms with van der Waals surface area (Å²) in [5.74, 6) is 0. The Labute approximate surface area is 85.7 Å². The van der Waals surface area contributed by atoms with Gasteiger partial charge in [0.05, 0.1) is 6.26 Å². The molecule has 0 saturated carbocycles. The summed E-state index contributed by atoms with van der Waals surface area (Å²) in [7, 11) is 0. The van der Waals surface area contributed by atoms with Crippen molar-refractivity contribution in [3.63, 3.8) is 0 Å². The second kappa shape index (κ2) is 6.96. The molecule has 0 aromatic heterocycles. The van der Waals surface area contributed by atoms with Crippen molar-refractivity contribution in [1.82, 2.24) is 0 Å². The fourth-order valence-corrected chi connectivity index (χ4v) is 1.02. The molecule has 0 heterocycles. The lowest BCUT2D eigenvalue weighted by Crippen LogP contribution is -1.80. The second-order valence-corrected chi connectivity index (χ2v) is 2.93. The van der Waals surface area contributed by atoms with Crippen molar-refractivity contribution in [2.24, 2.45) is 0 Å². The van der Waals surface area contributed by atoms with E-state index in [1.165, 1.54) is 5.56 Å². The lowest BCUT2D eigenvalue weighted by atomic mass is 10.2. The first-order chi connectivity index (χ1) is 6.93. The number of hydrogen-bond acceptors (Lipinski definition) is 1. The number of rotatable bonds is 5. The Bertz CT molecular complexity index is 285. The normalized spacial score (nSPS) is 11.2. The van der Waals surface area contributed by atoms with Crippen molar-refractivity contribution < 1.29 is 4.74 Å². The van der Waals surface area contributed by atoms with Crippen LogP contribution in [0, 0.1) is 0 Å². The Morgan fingerprint density at radius 3 is 2.64 bits per heavy atom. The zero-order valence-electron chi connectivity index (χ0n) is 8.52. The van der Waals surface area contributed by atoms with Gasteiger partial charge >= 0.3 is 0 Å². The van der Waals surface area contributed by atoms with Crippen LogP contribution >= 0.6 is 0 Å². The van der Waals surface area contributed by atoms with E-state index in [1.54, 1.807) is 6.26 Å². The molecule has 0 saturated heterocycles. The quantitative estimate of drug-likeness (QED) is 0.506. The van der Waals surface area contributed by atoms with Gasteiger partial charge in [-0.05, 0) is 18.1 Å². The van der Waals surface area contributed by atoms with Gasteiger partial charge in [0.1, 0.15) is 6.61 Å². The molecule has 74 valence electrons. The van der Waals surface area contributed by atoms with Gasteiger partial charge in [0, 0.05) is 0 Å². The van der Waals surface area contributed by atoms with Crippen molar-refractivity contribution in [1.29, 1.82) is 0 Å². The summed E-state index contributed by atoms with van der Waals surface area (Å²) in [4.78, 5) is 0. The van der Waals surface area contributed by atoms with Gasteiger partial charge in [-0.25, -0.2) is 0 Å². The van der Waals surface area contributed by atoms with E-state index in [1.807, 2.05) is 30.4 Å². The third-order valence-electron chi connectivity index (χ3n) is 1.73. The highest BCUT2D eigenvalue weighted by Crippen LogP contribution is 2.00. The van der Waals surface area contributed by atoms with Crippen LogP contribution < -0.4 is 0 Å². The molecule has 14 heavy (non-hydrogen) atoms. The van der Waals surface area contributed by atoms with Crippen LogP contribution in [0.25, 0.3) is 6.08 Å². The van der Waals surface area contributed by atoms with Crippen LogP contribution in [0.3, 0.4) is 0 Å². The topological polar surface area (TPSA) is 9.23 Å². The maximum absolute atomic E-state index is 5.23. The summed E-state index contributed by atoms with van der Waals surface area (Å²) in [6.07, 6.45) is 8.82. The smallest absolute Gasteiger partial charge is 0.106 e. The van der Waals surface area contributed by atoms with E-state index in [0.29, 0.717) is 6.61 Å². The van der Waals surface area contributed by atoms with Gasteiger partial charge in [-0.3, -0.25) is 0 Å². The maximum atomic E-state index is 5.23. The Morgan fingerprint density at radius 2 is 1.93 bits per heavy atom. The third kappa shape index (κ3) is 4.51. The molecule has 0 unspecified atom stereocenters. The Kier molecular flexibility index (Phi) is 5.26. The van der Waals surface area contributed by atoms with Crippen LogP contribution in [0.1, 0.15) is 18.9 Å². The highest BCUT2D eigenvalue weighted by molar-refractivity contribution is 5.48. The summed E-state index contributed by atoms with van der Waals surface area (Å²) in [5, 5.41) is 0. The molecule has 1 aromatic carbocycles. The van der Waals surface area contributed by atoms with E-state index in [4.69, 9.17) is 4.74 Å². The summed E-state index contributed by atoms with van der Waals surface area (Å²) in [5.41, 5.74) is 1.20. The zero-order chi connectivity index (χ0) is 10.1. The van der Waals surface area contributed by atoms with E-state index in [0.717, 1.165) is 6.42 Å². The van der Waals surface area contributed by atoms with Gasteiger partial charge in [0.2, 0.25) is 0 Å². The van der Waals surface area contributed by atoms with Crippen molar-refractivity contribution >= 4 is 6.08 Å². The van der Waals surface area contributed by atoms with Crippen LogP contribution in [0.4, 0.5) is 0 Å². The average Bonchev–Trinajstić information content (AvgIpc) is 2.25. The minimum Gasteiger partial charge on any atom is -0.497 e. The molecule has 1 aromatic rings. The summed E-state index contributed by atoms with van der Waals surface area (Å²) in [6, 6.07) is 10.2. The van der Waals surface area contributed by atoms with Gasteiger partial charge in [0.15, 0.2) is 0 Å². The fourth-order valence-electron chi connectivity index (χ4n) is 1.02. The van der Waals surface area contributed by atoms with Crippen LogP contribution in [-0.2, 0) is 4.74 Å². The summed E-state index contributed by atoms with van der Waals surface area (Å²) >= 11 is 0. The van der Waals surface area contributed by atoms with E-state index < -0.39 is 0 Å². The largest absolute Gasteiger partial charge is 0.497 e. The molecular formula is C13H16O. The summed E-state index contributed by atoms with van der Waals surface area (Å²) < 4.78 is 5.23. The fraction of sp³-hybridized carbons (Fsp3) is 0.231. The minimum atomic E-state index is 0.630. The van der Waals surface area contributed by atoms with Crippen molar-refractivity contribution in [2.45, 2.75) is 13.3 Å². The van der Waals surface area contributed by atoms with E-state index in [9.17, 15) is 0 Å². The minimum absolute atomic E-state index is 0.630. The Morgan fingerprint density at radius 1 is 1.14 bits per heavy atom. The number of ether oxygens (including phenoxy) is 1. The van der Waals surface area contributed by atoms with Crippen molar-refractivity contribution in [3.8, 4) is 0 Å². The molecule has 0 spiro atoms. The van der Waals surface area contributed by atoms with E-state index in [2.05, 4.69) is 25.1 Å². The number of allylic oxidation sites excluding steroid dienone is 1. The third-order valence-corrected chi connectivity index (χ3v) is 1.73. The number of hydrogen-bond donors (Lipinski definition) is 0. The standard InChI is InChI=1S/C13H16O/c1-2-3-11-14-12-7-10-13-8-5-4-6-9-13/h3-11H,2,12H2,1H3/b10-7+,11-3+. The molecule has 0 radical (unpaired) electrons. The first kappa shape index (κ1) is 10.6. The SMILES string of the molecule is CC/C=C/OC/C=C/c1ccccc1. The predicted octanol–water partition coefficient (Wildman–Crippen LogP) is 3.64. The molecular weight excluding hydrogens is 172 g/mol. The highest BCUT2D eigenvalue weighted by atomic mass is 16.5. The average molecular weight is 188 g/mol. The summed E-state index contributed by atoms with van der Waals surface area (Å²) in [6.45, 7) is 2.71. The highest BCUT2D eigenvalue weighted by Gasteiger charge is 1.81. The molecule has 0 amide bonds. The maximum Gasteiger partial charge on any atom is 0.106 e. The molecule has 0 bridgehead atoms. The van der Waals surface area contributed by atoms with Crippen LogP contribution in [-0.4, -0.2) is 6.61 Å². The predicted molar refractivity (Wildman–Crippen MR) is 60.9 cm³/mol. The van der Waals surface area contributed by atoms with Gasteiger partial charge < -0.3 is 4.74 Å². The monoisotopic (exact) mass is 188 g/mol. The second-order valence-electron chi connectivity index (χ2n) is 2.93. The van der Waals surface area contributed by atoms with Gasteiger partial charge in [-0.2, -0.15) is 0 Å². The van der Waals surface area contributed by atoms with E-state index in [-0.39, 0.29) is 0 Å². The van der Waals surface area contributed by atoms with Crippen molar-refractivity contribution in [3.05, 3.63) is 54.3 Å². The van der Waals surface area contributed by atoms with Gasteiger partial charge in [-0.1, -0.05) is 49.4 Å². The van der Waals surface area contributed by atoms with E-state index >= 15 is 0 Å². The molecule has 0 aliphatic heterocycles. The van der Waals surface area contributed by atoms with Crippen molar-refractivity contribution in [2.75, 3.05) is 6.61 Å². The lowest BCUT2D eigenvalue weighted by molar-refractivity contribution is 0.289. The lowest BCUT2D eigenvalue weighted by Gasteiger charge is -1.94. The van der Waals surface area contributed by atoms with Crippen LogP contribution in [0.2, 0.25) is 0 Å². The Hall–Kier alpha value is -1.50. The molecule has 0 N–H and O–H groups in total. The molecule has 0 aliphatic rings. The molecule has 0 aliphatic carbocycles. The first-order valence-electron chi connectivity index (χ1n) is 4.91. The molecule has 0 atom stereocenters. The van der Waals surface area contributed by atoms with Gasteiger partial charge in [0.25, 0.3) is 0 Å². The molecule has 1 heteroatoms. The first-order valence-corrected chi connectivity index (χ1v) is 4.91. The molecule has 0 fully saturated rings. The Balaban J connectivity index is 2.25. The molecule has 1 nitrogen and oxygen atoms in total. The van der Waals surface area contributed by atoms with Gasteiger partial charge in [-0.15, -0.1) is 0 Å². The number of benzene rings is 1. The molecule has 1 rings (SSSR count). The zero-order valence-corrected chi connectivity index (χ0v) is 8.52. The van der Waals surface area contributed by atoms with Crippen LogP contribution in [0.5, 0.6) is 0 Å². The van der Waals surface area contributed by atoms with Crippen LogP contribution in [0.15, 0.2) is 48.7 Å².